The van der Waals surface area contributed by atoms with Crippen LogP contribution in [0.1, 0.15) is 76.3 Å². The molecule has 0 amide bonds. The molecule has 1 aliphatic heterocycles. The van der Waals surface area contributed by atoms with Gasteiger partial charge in [0.1, 0.15) is 0 Å². The van der Waals surface area contributed by atoms with Crippen LogP contribution in [0.5, 0.6) is 11.5 Å². The Labute approximate surface area is 230 Å². The highest BCUT2D eigenvalue weighted by atomic mass is 35.5. The number of allylic oxidation sites excluding steroid dienone is 3. The molecule has 2 aromatic carbocycles. The van der Waals surface area contributed by atoms with Crippen LogP contribution in [-0.2, 0) is 14.3 Å². The zero-order valence-corrected chi connectivity index (χ0v) is 23.5. The number of ketones is 1. The third-order valence-corrected chi connectivity index (χ3v) is 7.51. The van der Waals surface area contributed by atoms with Gasteiger partial charge in [0.15, 0.2) is 17.3 Å². The molecule has 3 atom stereocenters. The average Bonchev–Trinajstić information content (AvgIpc) is 2.91. The number of Topliss-reactive ketones (excluding diaryl/α,β-unsaturated/α-hetero) is 1. The highest BCUT2D eigenvalue weighted by Crippen LogP contribution is 2.47. The maximum atomic E-state index is 13.8. The van der Waals surface area contributed by atoms with Crippen LogP contribution in [0.25, 0.3) is 0 Å². The Hall–Kier alpha value is -3.25. The number of halogens is 1. The Morgan fingerprint density at radius 1 is 1.08 bits per heavy atom. The summed E-state index contributed by atoms with van der Waals surface area (Å²) in [6.45, 7) is 8.32. The number of esters is 1. The van der Waals surface area contributed by atoms with Gasteiger partial charge in [-0.05, 0) is 74.4 Å². The van der Waals surface area contributed by atoms with E-state index in [-0.39, 0.29) is 17.8 Å². The second kappa shape index (κ2) is 12.1. The smallest absolute Gasteiger partial charge is 0.337 e. The molecule has 38 heavy (non-hydrogen) atoms. The van der Waals surface area contributed by atoms with E-state index in [4.69, 9.17) is 25.8 Å². The van der Waals surface area contributed by atoms with E-state index in [1.54, 1.807) is 7.11 Å². The number of carbonyl (C=O) groups is 2. The van der Waals surface area contributed by atoms with Crippen LogP contribution in [0.15, 0.2) is 65.0 Å². The van der Waals surface area contributed by atoms with Gasteiger partial charge in [-0.2, -0.15) is 0 Å². The molecule has 0 radical (unpaired) electrons. The first-order valence-corrected chi connectivity index (χ1v) is 13.7. The lowest BCUT2D eigenvalue weighted by Crippen LogP contribution is -2.36. The van der Waals surface area contributed by atoms with Crippen molar-refractivity contribution in [2.45, 2.75) is 71.3 Å². The first-order chi connectivity index (χ1) is 18.3. The van der Waals surface area contributed by atoms with Crippen LogP contribution in [0.2, 0.25) is 5.02 Å². The number of hydrogen-bond donors (Lipinski definition) is 1. The normalized spacial score (nSPS) is 20.0. The number of nitrogens with one attached hydrogen (secondary N) is 1. The van der Waals surface area contributed by atoms with E-state index in [0.29, 0.717) is 59.2 Å². The molecular weight excluding hydrogens is 502 g/mol. The molecule has 1 aliphatic carbocycles. The molecule has 202 valence electrons. The van der Waals surface area contributed by atoms with Crippen LogP contribution < -0.4 is 14.8 Å². The zero-order valence-electron chi connectivity index (χ0n) is 22.7. The van der Waals surface area contributed by atoms with E-state index < -0.39 is 11.9 Å². The third kappa shape index (κ3) is 5.75. The lowest BCUT2D eigenvalue weighted by atomic mass is 9.71. The molecule has 2 aromatic rings. The van der Waals surface area contributed by atoms with Crippen molar-refractivity contribution in [1.82, 2.24) is 5.32 Å². The SMILES string of the molecule is CCCOc1ccc([C@H]2C(C(=O)O[C@@H](C)CC)=C(C)NC3=C2C(=O)C[C@@H](c2ccc(Cl)cc2)C3)cc1OC. The van der Waals surface area contributed by atoms with Crippen molar-refractivity contribution >= 4 is 23.4 Å². The number of benzene rings is 2. The van der Waals surface area contributed by atoms with Crippen LogP contribution in [-0.4, -0.2) is 31.6 Å². The largest absolute Gasteiger partial charge is 0.493 e. The molecule has 0 spiro atoms. The van der Waals surface area contributed by atoms with Gasteiger partial charge in [0.2, 0.25) is 0 Å². The number of dihydropyridines is 1. The molecule has 0 saturated heterocycles. The Balaban J connectivity index is 1.79. The minimum absolute atomic E-state index is 0.00955. The molecule has 1 heterocycles. The standard InChI is InChI=1S/C31H36ClNO5/c1-6-14-37-26-13-10-21(17-27(26)36-5)29-28(31(35)38-18(3)7-2)19(4)33-24-15-22(16-25(34)30(24)29)20-8-11-23(32)12-9-20/h8-13,17-18,22,29,33H,6-7,14-16H2,1-5H3/t18-,22-,29-/m0/s1. The minimum Gasteiger partial charge on any atom is -0.493 e. The molecule has 6 nitrogen and oxygen atoms in total. The van der Waals surface area contributed by atoms with E-state index in [1.165, 1.54) is 0 Å². The summed E-state index contributed by atoms with van der Waals surface area (Å²) < 4.78 is 17.3. The number of rotatable bonds is 9. The summed E-state index contributed by atoms with van der Waals surface area (Å²) in [5, 5.41) is 4.07. The van der Waals surface area contributed by atoms with Crippen molar-refractivity contribution in [3.63, 3.8) is 0 Å². The first kappa shape index (κ1) is 27.8. The molecule has 2 aliphatic rings. The van der Waals surface area contributed by atoms with Gasteiger partial charge in [-0.1, -0.05) is 43.6 Å². The Morgan fingerprint density at radius 2 is 1.79 bits per heavy atom. The van der Waals surface area contributed by atoms with Crippen LogP contribution in [0, 0.1) is 0 Å². The van der Waals surface area contributed by atoms with Gasteiger partial charge in [0, 0.05) is 34.3 Å². The van der Waals surface area contributed by atoms with Crippen molar-refractivity contribution in [2.75, 3.05) is 13.7 Å². The van der Waals surface area contributed by atoms with Crippen molar-refractivity contribution in [3.05, 3.63) is 81.2 Å². The molecule has 0 aromatic heterocycles. The predicted octanol–water partition coefficient (Wildman–Crippen LogP) is 6.84. The lowest BCUT2D eigenvalue weighted by molar-refractivity contribution is -0.144. The molecule has 1 N–H and O–H groups in total. The highest BCUT2D eigenvalue weighted by molar-refractivity contribution is 6.30. The number of hydrogen-bond acceptors (Lipinski definition) is 6. The van der Waals surface area contributed by atoms with Gasteiger partial charge >= 0.3 is 5.97 Å². The van der Waals surface area contributed by atoms with E-state index in [0.717, 1.165) is 23.2 Å². The van der Waals surface area contributed by atoms with Gasteiger partial charge in [-0.15, -0.1) is 0 Å². The van der Waals surface area contributed by atoms with Gasteiger partial charge in [-0.3, -0.25) is 4.79 Å². The minimum atomic E-state index is -0.574. The predicted molar refractivity (Wildman–Crippen MR) is 149 cm³/mol. The maximum Gasteiger partial charge on any atom is 0.337 e. The van der Waals surface area contributed by atoms with Gasteiger partial charge in [0.05, 0.1) is 25.4 Å². The Kier molecular flexibility index (Phi) is 8.83. The fraction of sp³-hybridized carbons (Fsp3) is 0.419. The Bertz CT molecular complexity index is 1260. The fourth-order valence-electron chi connectivity index (χ4n) is 5.14. The van der Waals surface area contributed by atoms with Crippen LogP contribution in [0.3, 0.4) is 0 Å². The van der Waals surface area contributed by atoms with Crippen LogP contribution in [0.4, 0.5) is 0 Å². The molecule has 4 rings (SSSR count). The summed E-state index contributed by atoms with van der Waals surface area (Å²) >= 11 is 6.09. The third-order valence-electron chi connectivity index (χ3n) is 7.25. The summed E-state index contributed by atoms with van der Waals surface area (Å²) in [6.07, 6.45) is 2.32. The zero-order chi connectivity index (χ0) is 27.4. The topological polar surface area (TPSA) is 73.9 Å². The monoisotopic (exact) mass is 537 g/mol. The van der Waals surface area contributed by atoms with E-state index in [9.17, 15) is 9.59 Å². The number of carbonyl (C=O) groups excluding carboxylic acids is 2. The quantitative estimate of drug-likeness (QED) is 0.353. The molecule has 0 fully saturated rings. The van der Waals surface area contributed by atoms with Crippen molar-refractivity contribution in [1.29, 1.82) is 0 Å². The van der Waals surface area contributed by atoms with Crippen molar-refractivity contribution < 1.29 is 23.8 Å². The molecule has 7 heteroatoms. The van der Waals surface area contributed by atoms with Gasteiger partial charge < -0.3 is 19.5 Å². The molecule has 0 saturated carbocycles. The first-order valence-electron chi connectivity index (χ1n) is 13.3. The summed E-state index contributed by atoms with van der Waals surface area (Å²) in [6, 6.07) is 13.3. The number of ether oxygens (including phenoxy) is 3. The number of methoxy groups -OCH3 is 1. The fourth-order valence-corrected chi connectivity index (χ4v) is 5.26. The van der Waals surface area contributed by atoms with E-state index >= 15 is 0 Å². The van der Waals surface area contributed by atoms with E-state index in [1.807, 2.05) is 70.2 Å². The van der Waals surface area contributed by atoms with Crippen molar-refractivity contribution in [3.8, 4) is 11.5 Å². The average molecular weight is 538 g/mol. The highest BCUT2D eigenvalue weighted by Gasteiger charge is 2.42. The second-order valence-electron chi connectivity index (χ2n) is 9.95. The molecule has 0 bridgehead atoms. The summed E-state index contributed by atoms with van der Waals surface area (Å²) in [4.78, 5) is 27.3. The maximum absolute atomic E-state index is 13.8. The second-order valence-corrected chi connectivity index (χ2v) is 10.4. The van der Waals surface area contributed by atoms with Gasteiger partial charge in [-0.25, -0.2) is 4.79 Å². The molecule has 0 unspecified atom stereocenters. The van der Waals surface area contributed by atoms with E-state index in [2.05, 4.69) is 5.32 Å². The molecular formula is C31H36ClNO5. The van der Waals surface area contributed by atoms with Crippen molar-refractivity contribution in [2.24, 2.45) is 0 Å². The summed E-state index contributed by atoms with van der Waals surface area (Å²) in [5.41, 5.74) is 4.45. The van der Waals surface area contributed by atoms with Crippen LogP contribution >= 0.6 is 11.6 Å². The summed E-state index contributed by atoms with van der Waals surface area (Å²) in [5.74, 6) is 0.229. The Morgan fingerprint density at radius 3 is 2.45 bits per heavy atom. The lowest BCUT2D eigenvalue weighted by Gasteiger charge is -2.37. The summed E-state index contributed by atoms with van der Waals surface area (Å²) in [7, 11) is 1.59. The van der Waals surface area contributed by atoms with Gasteiger partial charge in [0.25, 0.3) is 0 Å².